The molecule has 0 aromatic rings. The van der Waals surface area contributed by atoms with Gasteiger partial charge in [-0.25, -0.2) is 0 Å². The van der Waals surface area contributed by atoms with Crippen LogP contribution in [0.2, 0.25) is 0 Å². The molecule has 0 saturated carbocycles. The largest absolute Gasteiger partial charge is 0.319 e. The third kappa shape index (κ3) is 4.09. The van der Waals surface area contributed by atoms with Gasteiger partial charge < -0.3 is 10.2 Å². The summed E-state index contributed by atoms with van der Waals surface area (Å²) in [5, 5.41) is 3.28. The molecule has 1 fully saturated rings. The molecular weight excluding hydrogens is 186 g/mol. The Balaban J connectivity index is 2.43. The first kappa shape index (κ1) is 12.9. The van der Waals surface area contributed by atoms with E-state index in [1.165, 1.54) is 26.2 Å². The van der Waals surface area contributed by atoms with Crippen LogP contribution in [0.25, 0.3) is 0 Å². The molecule has 1 unspecified atom stereocenters. The second-order valence-corrected chi connectivity index (χ2v) is 5.78. The Bertz CT molecular complexity index is 191. The summed E-state index contributed by atoms with van der Waals surface area (Å²) in [6.45, 7) is 12.9. The molecule has 15 heavy (non-hydrogen) atoms. The number of likely N-dealkylation sites (N-methyl/N-ethyl adjacent to an activating group) is 1. The van der Waals surface area contributed by atoms with Crippen molar-refractivity contribution in [3.8, 4) is 0 Å². The van der Waals surface area contributed by atoms with Gasteiger partial charge in [0.1, 0.15) is 0 Å². The smallest absolute Gasteiger partial charge is 0.0195 e. The number of hydrogen-bond acceptors (Lipinski definition) is 3. The van der Waals surface area contributed by atoms with E-state index < -0.39 is 0 Å². The molecule has 1 heterocycles. The second-order valence-electron chi connectivity index (χ2n) is 5.78. The maximum absolute atomic E-state index is 3.28. The van der Waals surface area contributed by atoms with Gasteiger partial charge in [0.2, 0.25) is 0 Å². The van der Waals surface area contributed by atoms with Crippen molar-refractivity contribution in [2.45, 2.75) is 26.8 Å². The van der Waals surface area contributed by atoms with E-state index in [9.17, 15) is 0 Å². The fraction of sp³-hybridized carbons (Fsp3) is 1.00. The number of nitrogens with zero attached hydrogens (tertiary/aromatic N) is 2. The van der Waals surface area contributed by atoms with E-state index in [1.54, 1.807) is 0 Å². The van der Waals surface area contributed by atoms with Crippen LogP contribution in [0, 0.1) is 5.41 Å². The van der Waals surface area contributed by atoms with E-state index in [2.05, 4.69) is 42.9 Å². The zero-order chi connectivity index (χ0) is 11.5. The van der Waals surface area contributed by atoms with Crippen molar-refractivity contribution in [1.82, 2.24) is 15.1 Å². The first-order chi connectivity index (χ1) is 6.94. The lowest BCUT2D eigenvalue weighted by molar-refractivity contribution is 0.0657. The Hall–Kier alpha value is -0.120. The van der Waals surface area contributed by atoms with Crippen LogP contribution < -0.4 is 5.32 Å². The molecule has 1 saturated heterocycles. The quantitative estimate of drug-likeness (QED) is 0.747. The molecule has 90 valence electrons. The molecule has 1 atom stereocenters. The summed E-state index contributed by atoms with van der Waals surface area (Å²) in [5.74, 6) is 0. The van der Waals surface area contributed by atoms with Crippen LogP contribution in [-0.4, -0.2) is 62.7 Å². The molecule has 0 amide bonds. The van der Waals surface area contributed by atoms with E-state index in [-0.39, 0.29) is 0 Å². The molecule has 0 aliphatic carbocycles. The highest BCUT2D eigenvalue weighted by molar-refractivity contribution is 4.83. The van der Waals surface area contributed by atoms with Crippen LogP contribution in [0.5, 0.6) is 0 Å². The molecule has 1 N–H and O–H groups in total. The lowest BCUT2D eigenvalue weighted by Crippen LogP contribution is -2.53. The van der Waals surface area contributed by atoms with Crippen molar-refractivity contribution in [3.05, 3.63) is 0 Å². The summed E-state index contributed by atoms with van der Waals surface area (Å²) in [4.78, 5) is 5.05. The Morgan fingerprint density at radius 2 is 2.00 bits per heavy atom. The number of hydrogen-bond donors (Lipinski definition) is 1. The fourth-order valence-electron chi connectivity index (χ4n) is 2.50. The molecule has 3 nitrogen and oxygen atoms in total. The van der Waals surface area contributed by atoms with Gasteiger partial charge in [-0.05, 0) is 26.4 Å². The van der Waals surface area contributed by atoms with Crippen LogP contribution in [0.4, 0.5) is 0 Å². The molecule has 0 bridgehead atoms. The van der Waals surface area contributed by atoms with Gasteiger partial charge in [0, 0.05) is 38.8 Å². The summed E-state index contributed by atoms with van der Waals surface area (Å²) >= 11 is 0. The van der Waals surface area contributed by atoms with Crippen molar-refractivity contribution in [2.75, 3.05) is 46.8 Å². The van der Waals surface area contributed by atoms with Crippen molar-refractivity contribution in [2.24, 2.45) is 5.41 Å². The average Bonchev–Trinajstić information content (AvgIpc) is 2.09. The van der Waals surface area contributed by atoms with E-state index >= 15 is 0 Å². The van der Waals surface area contributed by atoms with E-state index in [1.807, 2.05) is 7.05 Å². The van der Waals surface area contributed by atoms with Crippen LogP contribution in [0.3, 0.4) is 0 Å². The van der Waals surface area contributed by atoms with Crippen molar-refractivity contribution >= 4 is 0 Å². The van der Waals surface area contributed by atoms with Gasteiger partial charge in [0.15, 0.2) is 0 Å². The molecule has 0 aromatic heterocycles. The minimum atomic E-state index is 0.374. The first-order valence-electron chi connectivity index (χ1n) is 6.02. The molecule has 1 aliphatic heterocycles. The highest BCUT2D eigenvalue weighted by atomic mass is 15.3. The van der Waals surface area contributed by atoms with E-state index in [0.717, 1.165) is 6.54 Å². The van der Waals surface area contributed by atoms with E-state index in [0.29, 0.717) is 11.5 Å². The summed E-state index contributed by atoms with van der Waals surface area (Å²) < 4.78 is 0. The standard InChI is InChI=1S/C12H27N3/c1-11-8-14(5)6-7-15(11)10-12(2,3)9-13-4/h11,13H,6-10H2,1-5H3. The Morgan fingerprint density at radius 3 is 2.53 bits per heavy atom. The van der Waals surface area contributed by atoms with Gasteiger partial charge in [-0.15, -0.1) is 0 Å². The van der Waals surface area contributed by atoms with Crippen LogP contribution in [0.1, 0.15) is 20.8 Å². The third-order valence-corrected chi connectivity index (χ3v) is 3.25. The van der Waals surface area contributed by atoms with Crippen molar-refractivity contribution in [1.29, 1.82) is 0 Å². The zero-order valence-corrected chi connectivity index (χ0v) is 11.0. The van der Waals surface area contributed by atoms with Crippen molar-refractivity contribution < 1.29 is 0 Å². The number of rotatable bonds is 4. The summed E-state index contributed by atoms with van der Waals surface area (Å²) in [6, 6.07) is 0.694. The molecule has 1 rings (SSSR count). The van der Waals surface area contributed by atoms with Gasteiger partial charge in [0.05, 0.1) is 0 Å². The minimum Gasteiger partial charge on any atom is -0.319 e. The van der Waals surface area contributed by atoms with Gasteiger partial charge in [-0.2, -0.15) is 0 Å². The zero-order valence-electron chi connectivity index (χ0n) is 11.0. The van der Waals surface area contributed by atoms with Gasteiger partial charge >= 0.3 is 0 Å². The SMILES string of the molecule is CNCC(C)(C)CN1CCN(C)CC1C. The van der Waals surface area contributed by atoms with Crippen LogP contribution in [-0.2, 0) is 0 Å². The molecule has 0 aromatic carbocycles. The Kier molecular flexibility index (Phi) is 4.56. The Labute approximate surface area is 94.8 Å². The maximum Gasteiger partial charge on any atom is 0.0195 e. The van der Waals surface area contributed by atoms with Gasteiger partial charge in [0.25, 0.3) is 0 Å². The lowest BCUT2D eigenvalue weighted by atomic mass is 9.91. The van der Waals surface area contributed by atoms with Crippen molar-refractivity contribution in [3.63, 3.8) is 0 Å². The van der Waals surface area contributed by atoms with Crippen LogP contribution >= 0.6 is 0 Å². The highest BCUT2D eigenvalue weighted by Crippen LogP contribution is 2.19. The highest BCUT2D eigenvalue weighted by Gasteiger charge is 2.27. The number of piperazine rings is 1. The van der Waals surface area contributed by atoms with Gasteiger partial charge in [-0.1, -0.05) is 13.8 Å². The third-order valence-electron chi connectivity index (χ3n) is 3.25. The molecule has 1 aliphatic rings. The maximum atomic E-state index is 3.28. The molecule has 3 heteroatoms. The molecular formula is C12H27N3. The minimum absolute atomic E-state index is 0.374. The monoisotopic (exact) mass is 213 g/mol. The summed E-state index contributed by atoms with van der Waals surface area (Å²) in [5.41, 5.74) is 0.374. The fourth-order valence-corrected chi connectivity index (χ4v) is 2.50. The predicted octanol–water partition coefficient (Wildman–Crippen LogP) is 0.868. The summed E-state index contributed by atoms with van der Waals surface area (Å²) in [7, 11) is 4.25. The van der Waals surface area contributed by atoms with Crippen LogP contribution in [0.15, 0.2) is 0 Å². The lowest BCUT2D eigenvalue weighted by Gasteiger charge is -2.42. The average molecular weight is 213 g/mol. The predicted molar refractivity (Wildman–Crippen MR) is 66.2 cm³/mol. The number of nitrogens with one attached hydrogen (secondary N) is 1. The Morgan fingerprint density at radius 1 is 1.33 bits per heavy atom. The van der Waals surface area contributed by atoms with E-state index in [4.69, 9.17) is 0 Å². The normalized spacial score (nSPS) is 25.8. The molecule has 0 radical (unpaired) electrons. The summed E-state index contributed by atoms with van der Waals surface area (Å²) in [6.07, 6.45) is 0. The second kappa shape index (κ2) is 5.28. The molecule has 0 spiro atoms. The van der Waals surface area contributed by atoms with Gasteiger partial charge in [-0.3, -0.25) is 4.90 Å². The first-order valence-corrected chi connectivity index (χ1v) is 6.02. The topological polar surface area (TPSA) is 18.5 Å².